The number of hydrogen-bond acceptors (Lipinski definition) is 2. The zero-order valence-corrected chi connectivity index (χ0v) is 8.06. The van der Waals surface area contributed by atoms with Crippen molar-refractivity contribution in [2.45, 2.75) is 6.61 Å². The predicted octanol–water partition coefficient (Wildman–Crippen LogP) is 1.77. The van der Waals surface area contributed by atoms with Crippen molar-refractivity contribution in [2.75, 3.05) is 0 Å². The van der Waals surface area contributed by atoms with E-state index in [2.05, 4.69) is 9.84 Å². The van der Waals surface area contributed by atoms with Crippen molar-refractivity contribution in [3.63, 3.8) is 0 Å². The summed E-state index contributed by atoms with van der Waals surface area (Å²) in [4.78, 5) is 11.3. The van der Waals surface area contributed by atoms with E-state index in [1.807, 2.05) is 0 Å². The van der Waals surface area contributed by atoms with E-state index in [0.717, 1.165) is 4.68 Å². The molecule has 0 aliphatic heterocycles. The van der Waals surface area contributed by atoms with Crippen molar-refractivity contribution in [3.05, 3.63) is 46.9 Å². The van der Waals surface area contributed by atoms with E-state index in [1.165, 1.54) is 24.4 Å². The minimum Gasteiger partial charge on any atom is -0.433 e. The Kier molecular flexibility index (Phi) is 2.72. The van der Waals surface area contributed by atoms with Crippen molar-refractivity contribution in [1.82, 2.24) is 9.78 Å². The number of nitrogens with zero attached hydrogens (tertiary/aromatic N) is 1. The molecule has 0 bridgehead atoms. The van der Waals surface area contributed by atoms with Crippen LogP contribution in [0, 0.1) is 0 Å². The number of H-pyrrole nitrogens is 1. The Balaban J connectivity index is 2.49. The number of aromatic amines is 1. The summed E-state index contributed by atoms with van der Waals surface area (Å²) in [7, 11) is 0. The second-order valence-electron chi connectivity index (χ2n) is 2.98. The molecule has 4 nitrogen and oxygen atoms in total. The molecule has 0 saturated carbocycles. The van der Waals surface area contributed by atoms with E-state index < -0.39 is 6.61 Å². The van der Waals surface area contributed by atoms with Gasteiger partial charge in [-0.3, -0.25) is 9.89 Å². The summed E-state index contributed by atoms with van der Waals surface area (Å²) < 4.78 is 29.7. The summed E-state index contributed by atoms with van der Waals surface area (Å²) in [6.45, 7) is -2.92. The molecule has 16 heavy (non-hydrogen) atoms. The van der Waals surface area contributed by atoms with Crippen LogP contribution in [0.5, 0.6) is 5.75 Å². The van der Waals surface area contributed by atoms with Crippen LogP contribution in [0.2, 0.25) is 0 Å². The van der Waals surface area contributed by atoms with Gasteiger partial charge in [0.1, 0.15) is 5.69 Å². The number of rotatable bonds is 3. The van der Waals surface area contributed by atoms with E-state index in [1.54, 1.807) is 12.1 Å². The maximum atomic E-state index is 12.1. The molecule has 0 radical (unpaired) electrons. The Hall–Kier alpha value is -2.11. The number of nitrogens with one attached hydrogen (secondary N) is 1. The fraction of sp³-hybridized carbons (Fsp3) is 0.100. The third-order valence-electron chi connectivity index (χ3n) is 1.97. The summed E-state index contributed by atoms with van der Waals surface area (Å²) in [6.07, 6.45) is 1.42. The van der Waals surface area contributed by atoms with Gasteiger partial charge in [0.15, 0.2) is 5.75 Å². The Bertz CT molecular complexity index is 533. The van der Waals surface area contributed by atoms with Gasteiger partial charge in [-0.2, -0.15) is 8.78 Å². The molecule has 1 aromatic heterocycles. The first-order chi connectivity index (χ1) is 7.68. The third kappa shape index (κ3) is 1.95. The van der Waals surface area contributed by atoms with Gasteiger partial charge in [0.05, 0.1) is 0 Å². The molecule has 0 fully saturated rings. The summed E-state index contributed by atoms with van der Waals surface area (Å²) in [5, 5.41) is 2.61. The fourth-order valence-corrected chi connectivity index (χ4v) is 1.35. The highest BCUT2D eigenvalue weighted by Gasteiger charge is 2.11. The smallest absolute Gasteiger partial charge is 0.387 e. The lowest BCUT2D eigenvalue weighted by Gasteiger charge is -2.09. The van der Waals surface area contributed by atoms with Gasteiger partial charge in [-0.1, -0.05) is 12.1 Å². The van der Waals surface area contributed by atoms with Crippen LogP contribution in [0.15, 0.2) is 41.3 Å². The molecule has 1 N–H and O–H groups in total. The Morgan fingerprint density at radius 3 is 2.62 bits per heavy atom. The lowest BCUT2D eigenvalue weighted by Crippen LogP contribution is -2.15. The maximum Gasteiger partial charge on any atom is 0.387 e. The maximum absolute atomic E-state index is 12.1. The zero-order chi connectivity index (χ0) is 11.5. The molecule has 1 heterocycles. The first-order valence-corrected chi connectivity index (χ1v) is 4.49. The molecular weight excluding hydrogens is 218 g/mol. The molecule has 0 aliphatic carbocycles. The van der Waals surface area contributed by atoms with Gasteiger partial charge < -0.3 is 4.74 Å². The number of aromatic nitrogens is 2. The molecule has 0 saturated heterocycles. The molecule has 0 unspecified atom stereocenters. The Morgan fingerprint density at radius 2 is 2.00 bits per heavy atom. The normalized spacial score (nSPS) is 10.7. The minimum absolute atomic E-state index is 0.0537. The highest BCUT2D eigenvalue weighted by Crippen LogP contribution is 2.22. The molecular formula is C10H8F2N2O2. The van der Waals surface area contributed by atoms with Crippen LogP contribution >= 0.6 is 0 Å². The van der Waals surface area contributed by atoms with Crippen LogP contribution < -0.4 is 10.3 Å². The van der Waals surface area contributed by atoms with Crippen LogP contribution in [0.25, 0.3) is 5.69 Å². The van der Waals surface area contributed by atoms with Gasteiger partial charge >= 0.3 is 6.61 Å². The van der Waals surface area contributed by atoms with Gasteiger partial charge in [-0.05, 0) is 12.1 Å². The van der Waals surface area contributed by atoms with E-state index >= 15 is 0 Å². The molecule has 0 aliphatic rings. The van der Waals surface area contributed by atoms with E-state index in [9.17, 15) is 13.6 Å². The number of ether oxygens (including phenoxy) is 1. The monoisotopic (exact) mass is 226 g/mol. The zero-order valence-electron chi connectivity index (χ0n) is 8.06. The summed E-state index contributed by atoms with van der Waals surface area (Å²) >= 11 is 0. The van der Waals surface area contributed by atoms with Crippen molar-refractivity contribution >= 4 is 0 Å². The number of alkyl halides is 2. The van der Waals surface area contributed by atoms with Gasteiger partial charge in [0.25, 0.3) is 5.56 Å². The molecule has 1 aromatic carbocycles. The molecule has 84 valence electrons. The highest BCUT2D eigenvalue weighted by molar-refractivity contribution is 5.45. The molecule has 0 amide bonds. The van der Waals surface area contributed by atoms with Gasteiger partial charge in [0, 0.05) is 12.3 Å². The standard InChI is InChI=1S/C10H8F2N2O2/c11-10(12)16-8-4-2-1-3-7(8)14-9(15)5-6-13-14/h1-6,10,13H. The second kappa shape index (κ2) is 4.18. The highest BCUT2D eigenvalue weighted by atomic mass is 19.3. The fourth-order valence-electron chi connectivity index (χ4n) is 1.35. The van der Waals surface area contributed by atoms with E-state index in [-0.39, 0.29) is 17.0 Å². The number of para-hydroxylation sites is 2. The van der Waals surface area contributed by atoms with Gasteiger partial charge in [-0.15, -0.1) is 0 Å². The van der Waals surface area contributed by atoms with Crippen LogP contribution in [0.3, 0.4) is 0 Å². The van der Waals surface area contributed by atoms with Crippen LogP contribution in [-0.2, 0) is 0 Å². The first kappa shape index (κ1) is 10.4. The molecule has 2 aromatic rings. The number of benzene rings is 1. The van der Waals surface area contributed by atoms with Crippen LogP contribution in [-0.4, -0.2) is 16.4 Å². The largest absolute Gasteiger partial charge is 0.433 e. The van der Waals surface area contributed by atoms with Gasteiger partial charge in [-0.25, -0.2) is 4.68 Å². The van der Waals surface area contributed by atoms with Crippen LogP contribution in [0.4, 0.5) is 8.78 Å². The average Bonchev–Trinajstić information content (AvgIpc) is 2.64. The van der Waals surface area contributed by atoms with E-state index in [0.29, 0.717) is 0 Å². The Labute approximate surface area is 89.1 Å². The molecule has 2 rings (SSSR count). The lowest BCUT2D eigenvalue weighted by molar-refractivity contribution is -0.0499. The first-order valence-electron chi connectivity index (χ1n) is 4.49. The molecule has 6 heteroatoms. The van der Waals surface area contributed by atoms with Crippen molar-refractivity contribution in [2.24, 2.45) is 0 Å². The second-order valence-corrected chi connectivity index (χ2v) is 2.98. The molecule has 0 spiro atoms. The topological polar surface area (TPSA) is 47.0 Å². The lowest BCUT2D eigenvalue weighted by atomic mass is 10.3. The number of halogens is 2. The minimum atomic E-state index is -2.92. The quantitative estimate of drug-likeness (QED) is 0.866. The summed E-state index contributed by atoms with van der Waals surface area (Å²) in [6, 6.07) is 7.35. The average molecular weight is 226 g/mol. The predicted molar refractivity (Wildman–Crippen MR) is 53.0 cm³/mol. The SMILES string of the molecule is O=c1cc[nH]n1-c1ccccc1OC(F)F. The third-order valence-corrected chi connectivity index (χ3v) is 1.97. The van der Waals surface area contributed by atoms with Crippen LogP contribution in [0.1, 0.15) is 0 Å². The van der Waals surface area contributed by atoms with Crippen molar-refractivity contribution in [3.8, 4) is 11.4 Å². The van der Waals surface area contributed by atoms with Crippen molar-refractivity contribution < 1.29 is 13.5 Å². The Morgan fingerprint density at radius 1 is 1.25 bits per heavy atom. The van der Waals surface area contributed by atoms with Crippen molar-refractivity contribution in [1.29, 1.82) is 0 Å². The van der Waals surface area contributed by atoms with E-state index in [4.69, 9.17) is 0 Å². The summed E-state index contributed by atoms with van der Waals surface area (Å²) in [5.74, 6) is -0.0537. The molecule has 0 atom stereocenters. The number of hydrogen-bond donors (Lipinski definition) is 1. The summed E-state index contributed by atoms with van der Waals surface area (Å²) in [5.41, 5.74) is -0.0943. The van der Waals surface area contributed by atoms with Gasteiger partial charge in [0.2, 0.25) is 0 Å².